The van der Waals surface area contributed by atoms with E-state index in [2.05, 4.69) is 31.5 Å². The average molecular weight is 695 g/mol. The molecule has 0 spiro atoms. The number of hydrogen-bond acceptors (Lipinski definition) is 5. The van der Waals surface area contributed by atoms with Gasteiger partial charge in [0.15, 0.2) is 0 Å². The van der Waals surface area contributed by atoms with Crippen LogP contribution in [0.3, 0.4) is 0 Å². The number of nitrogens with zero attached hydrogens (tertiary/aromatic N) is 4. The Kier molecular flexibility index (Phi) is 9.83. The molecule has 45 heavy (non-hydrogen) atoms. The third-order valence-electron chi connectivity index (χ3n) is 9.09. The summed E-state index contributed by atoms with van der Waals surface area (Å²) in [6.45, 7) is 2.18. The fourth-order valence-electron chi connectivity index (χ4n) is 6.42. The molecule has 14 heteroatoms. The predicted octanol–water partition coefficient (Wildman–Crippen LogP) is 4.74. The molecule has 0 saturated carbocycles. The number of hydrogen-bond donors (Lipinski definition) is 3. The Morgan fingerprint density at radius 3 is 2.36 bits per heavy atom. The Morgan fingerprint density at radius 2 is 1.71 bits per heavy atom. The Hall–Kier alpha value is -3.52. The van der Waals surface area contributed by atoms with E-state index < -0.39 is 29.5 Å². The number of halogens is 4. The van der Waals surface area contributed by atoms with E-state index in [1.165, 1.54) is 6.07 Å². The largest absolute Gasteiger partial charge is 0.418 e. The molecule has 2 fully saturated rings. The number of para-hydroxylation sites is 1. The van der Waals surface area contributed by atoms with Crippen molar-refractivity contribution in [2.24, 2.45) is 0 Å². The second-order valence-electron chi connectivity index (χ2n) is 12.2. The zero-order valence-corrected chi connectivity index (χ0v) is 27.0. The quantitative estimate of drug-likeness (QED) is 0.379. The van der Waals surface area contributed by atoms with Crippen LogP contribution in [0.25, 0.3) is 0 Å². The highest BCUT2D eigenvalue weighted by molar-refractivity contribution is 9.10. The molecule has 244 valence electrons. The molecular formula is C31H39BrF3N7O3. The Labute approximate surface area is 269 Å². The molecule has 3 heterocycles. The number of amides is 5. The third-order valence-corrected chi connectivity index (χ3v) is 9.75. The van der Waals surface area contributed by atoms with E-state index in [9.17, 15) is 27.6 Å². The summed E-state index contributed by atoms with van der Waals surface area (Å²) in [4.78, 5) is 47.3. The molecule has 5 rings (SSSR count). The fraction of sp³-hybridized carbons (Fsp3) is 0.516. The topological polar surface area (TPSA) is 114 Å². The summed E-state index contributed by atoms with van der Waals surface area (Å²) in [5.74, 6) is -0.333. The predicted molar refractivity (Wildman–Crippen MR) is 168 cm³/mol. The van der Waals surface area contributed by atoms with Gasteiger partial charge in [0, 0.05) is 61.4 Å². The van der Waals surface area contributed by atoms with Gasteiger partial charge >= 0.3 is 18.2 Å². The molecule has 2 aromatic carbocycles. The van der Waals surface area contributed by atoms with Gasteiger partial charge in [-0.1, -0.05) is 18.2 Å². The Balaban J connectivity index is 1.28. The summed E-state index contributed by atoms with van der Waals surface area (Å²) in [6.07, 6.45) is -2.19. The normalized spacial score (nSPS) is 18.9. The van der Waals surface area contributed by atoms with Crippen molar-refractivity contribution in [3.8, 4) is 0 Å². The van der Waals surface area contributed by atoms with E-state index >= 15 is 0 Å². The van der Waals surface area contributed by atoms with Gasteiger partial charge in [-0.3, -0.25) is 4.79 Å². The van der Waals surface area contributed by atoms with E-state index in [0.29, 0.717) is 51.6 Å². The second-order valence-corrected chi connectivity index (χ2v) is 13.1. The van der Waals surface area contributed by atoms with Crippen molar-refractivity contribution >= 4 is 45.3 Å². The van der Waals surface area contributed by atoms with Crippen LogP contribution < -0.4 is 16.4 Å². The number of nitrogens with one attached hydrogen (secondary N) is 2. The maximum atomic E-state index is 13.8. The maximum absolute atomic E-state index is 13.8. The van der Waals surface area contributed by atoms with Gasteiger partial charge in [0.05, 0.1) is 11.3 Å². The first kappa shape index (κ1) is 32.9. The number of carbonyl (C=O) groups excluding carboxylic acids is 3. The smallest absolute Gasteiger partial charge is 0.397 e. The summed E-state index contributed by atoms with van der Waals surface area (Å²) in [5.41, 5.74) is 6.32. The first-order valence-electron chi connectivity index (χ1n) is 15.1. The molecule has 0 aromatic heterocycles. The van der Waals surface area contributed by atoms with Crippen molar-refractivity contribution in [1.82, 2.24) is 24.9 Å². The SMILES string of the molecule is CN(C)C1CCN(C(=O)[C@@H](Cc2cc(Br)c(N)c(C(F)(F)F)c2)NC(=O)N2CCC(N3Cc4ccccc4NC3=O)CC2)CC1. The minimum atomic E-state index is -4.68. The number of piperidine rings is 2. The van der Waals surface area contributed by atoms with E-state index in [-0.39, 0.29) is 34.4 Å². The lowest BCUT2D eigenvalue weighted by Gasteiger charge is -2.41. The molecule has 2 aromatic rings. The average Bonchev–Trinajstić information content (AvgIpc) is 3.01. The molecule has 5 amide bonds. The van der Waals surface area contributed by atoms with E-state index in [4.69, 9.17) is 5.73 Å². The monoisotopic (exact) mass is 693 g/mol. The maximum Gasteiger partial charge on any atom is 0.418 e. The summed E-state index contributed by atoms with van der Waals surface area (Å²) in [6, 6.07) is 8.59. The number of fused-ring (bicyclic) bond motifs is 1. The van der Waals surface area contributed by atoms with Crippen LogP contribution in [-0.2, 0) is 23.9 Å². The molecule has 3 aliphatic heterocycles. The summed E-state index contributed by atoms with van der Waals surface area (Å²) in [5, 5.41) is 5.77. The zero-order valence-electron chi connectivity index (χ0n) is 25.4. The van der Waals surface area contributed by atoms with Gasteiger partial charge in [-0.2, -0.15) is 13.2 Å². The summed E-state index contributed by atoms with van der Waals surface area (Å²) in [7, 11) is 3.98. The van der Waals surface area contributed by atoms with Crippen LogP contribution in [0.15, 0.2) is 40.9 Å². The van der Waals surface area contributed by atoms with Gasteiger partial charge < -0.3 is 36.0 Å². The van der Waals surface area contributed by atoms with Crippen molar-refractivity contribution in [2.45, 2.75) is 63.0 Å². The number of benzene rings is 2. The number of rotatable bonds is 6. The van der Waals surface area contributed by atoms with E-state index in [0.717, 1.165) is 30.2 Å². The van der Waals surface area contributed by atoms with Crippen LogP contribution in [0.4, 0.5) is 34.1 Å². The van der Waals surface area contributed by atoms with Crippen LogP contribution in [0, 0.1) is 0 Å². The van der Waals surface area contributed by atoms with Gasteiger partial charge in [-0.25, -0.2) is 9.59 Å². The van der Waals surface area contributed by atoms with E-state index in [1.54, 1.807) is 14.7 Å². The molecular weight excluding hydrogens is 655 g/mol. The van der Waals surface area contributed by atoms with Crippen LogP contribution in [0.2, 0.25) is 0 Å². The van der Waals surface area contributed by atoms with Crippen LogP contribution in [-0.4, -0.2) is 96.0 Å². The van der Waals surface area contributed by atoms with Gasteiger partial charge in [0.1, 0.15) is 6.04 Å². The van der Waals surface area contributed by atoms with Crippen LogP contribution in [0.5, 0.6) is 0 Å². The minimum absolute atomic E-state index is 0.0641. The number of nitrogen functional groups attached to an aromatic ring is 1. The first-order chi connectivity index (χ1) is 21.3. The number of carbonyl (C=O) groups is 3. The fourth-order valence-corrected chi connectivity index (χ4v) is 6.93. The molecule has 1 atom stereocenters. The molecule has 2 saturated heterocycles. The Morgan fingerprint density at radius 1 is 1.07 bits per heavy atom. The van der Waals surface area contributed by atoms with Crippen molar-refractivity contribution < 1.29 is 27.6 Å². The number of nitrogens with two attached hydrogens (primary N) is 1. The lowest BCUT2D eigenvalue weighted by Crippen LogP contribution is -2.57. The van der Waals surface area contributed by atoms with E-state index in [1.807, 2.05) is 38.4 Å². The number of anilines is 2. The van der Waals surface area contributed by atoms with Crippen molar-refractivity contribution in [1.29, 1.82) is 0 Å². The van der Waals surface area contributed by atoms with Crippen LogP contribution in [0.1, 0.15) is 42.4 Å². The van der Waals surface area contributed by atoms with Gasteiger partial charge in [0.25, 0.3) is 0 Å². The lowest BCUT2D eigenvalue weighted by molar-refractivity contribution is -0.137. The second kappa shape index (κ2) is 13.5. The Bertz CT molecular complexity index is 1420. The summed E-state index contributed by atoms with van der Waals surface area (Å²) < 4.78 is 41.3. The number of urea groups is 2. The molecule has 0 radical (unpaired) electrons. The molecule has 0 aliphatic carbocycles. The van der Waals surface area contributed by atoms with Crippen LogP contribution >= 0.6 is 15.9 Å². The highest BCUT2D eigenvalue weighted by atomic mass is 79.9. The molecule has 0 bridgehead atoms. The highest BCUT2D eigenvalue weighted by Crippen LogP contribution is 2.38. The van der Waals surface area contributed by atoms with Gasteiger partial charge in [0.2, 0.25) is 5.91 Å². The lowest BCUT2D eigenvalue weighted by atomic mass is 9.98. The zero-order chi connectivity index (χ0) is 32.5. The van der Waals surface area contributed by atoms with Gasteiger partial charge in [-0.15, -0.1) is 0 Å². The van der Waals surface area contributed by atoms with Gasteiger partial charge in [-0.05, 0) is 85.0 Å². The highest BCUT2D eigenvalue weighted by Gasteiger charge is 2.37. The first-order valence-corrected chi connectivity index (χ1v) is 15.9. The summed E-state index contributed by atoms with van der Waals surface area (Å²) >= 11 is 3.13. The molecule has 10 nitrogen and oxygen atoms in total. The van der Waals surface area contributed by atoms with Crippen molar-refractivity contribution in [3.05, 3.63) is 57.6 Å². The minimum Gasteiger partial charge on any atom is -0.397 e. The standard InChI is InChI=1S/C31H39BrF3N7O3/c1-39(2)21-7-11-40(12-8-21)28(43)26(17-19-15-23(31(33,34)35)27(36)24(32)16-19)38-29(44)41-13-9-22(10-14-41)42-18-20-5-3-4-6-25(20)37-30(42)45/h3-6,15-16,21-22,26H,7-14,17-18,36H2,1-2H3,(H,37,45)(H,38,44)/t26-/m1/s1. The number of alkyl halides is 3. The number of likely N-dealkylation sites (tertiary alicyclic amines) is 2. The third kappa shape index (κ3) is 7.49. The molecule has 4 N–H and O–H groups in total. The molecule has 3 aliphatic rings. The molecule has 0 unspecified atom stereocenters. The van der Waals surface area contributed by atoms with Crippen molar-refractivity contribution in [3.63, 3.8) is 0 Å². The van der Waals surface area contributed by atoms with Crippen molar-refractivity contribution in [2.75, 3.05) is 51.3 Å².